The lowest BCUT2D eigenvalue weighted by atomic mass is 10.1. The fourth-order valence-electron chi connectivity index (χ4n) is 2.94. The molecule has 0 spiro atoms. The number of carbonyl (C=O) groups excluding carboxylic acids is 2. The summed E-state index contributed by atoms with van der Waals surface area (Å²) in [7, 11) is 1.81. The third-order valence-corrected chi connectivity index (χ3v) is 4.33. The molecule has 1 fully saturated rings. The topological polar surface area (TPSA) is 85.1 Å². The SMILES string of the molecule is Cc1cnn(C2CCN(C(=O)C(=O)NCC#Cc3cnn(C)c3)CC2)c1. The first-order valence-corrected chi connectivity index (χ1v) is 8.58. The van der Waals surface area contributed by atoms with Crippen molar-refractivity contribution in [2.75, 3.05) is 19.6 Å². The Morgan fingerprint density at radius 1 is 1.23 bits per heavy atom. The Morgan fingerprint density at radius 3 is 2.62 bits per heavy atom. The fourth-order valence-corrected chi connectivity index (χ4v) is 2.94. The van der Waals surface area contributed by atoms with Crippen LogP contribution in [0.4, 0.5) is 0 Å². The van der Waals surface area contributed by atoms with E-state index < -0.39 is 11.8 Å². The quantitative estimate of drug-likeness (QED) is 0.619. The maximum atomic E-state index is 12.2. The van der Waals surface area contributed by atoms with Gasteiger partial charge in [-0.25, -0.2) is 0 Å². The number of hydrogen-bond donors (Lipinski definition) is 1. The average Bonchev–Trinajstić information content (AvgIpc) is 3.26. The van der Waals surface area contributed by atoms with Crippen molar-refractivity contribution in [2.24, 2.45) is 7.05 Å². The number of nitrogens with zero attached hydrogens (tertiary/aromatic N) is 5. The van der Waals surface area contributed by atoms with Gasteiger partial charge < -0.3 is 10.2 Å². The molecule has 0 aromatic carbocycles. The van der Waals surface area contributed by atoms with E-state index in [-0.39, 0.29) is 12.6 Å². The maximum Gasteiger partial charge on any atom is 0.311 e. The second kappa shape index (κ2) is 7.87. The van der Waals surface area contributed by atoms with Gasteiger partial charge in [0.15, 0.2) is 0 Å². The summed E-state index contributed by atoms with van der Waals surface area (Å²) in [5, 5.41) is 10.9. The summed E-state index contributed by atoms with van der Waals surface area (Å²) in [6, 6.07) is 0.279. The molecule has 2 aromatic rings. The first kappa shape index (κ1) is 17.7. The highest BCUT2D eigenvalue weighted by Gasteiger charge is 2.27. The van der Waals surface area contributed by atoms with E-state index in [1.54, 1.807) is 22.0 Å². The summed E-state index contributed by atoms with van der Waals surface area (Å²) < 4.78 is 3.60. The summed E-state index contributed by atoms with van der Waals surface area (Å²) in [6.45, 7) is 3.24. The summed E-state index contributed by atoms with van der Waals surface area (Å²) in [5.41, 5.74) is 1.89. The van der Waals surface area contributed by atoms with E-state index in [9.17, 15) is 9.59 Å². The van der Waals surface area contributed by atoms with E-state index in [2.05, 4.69) is 27.4 Å². The van der Waals surface area contributed by atoms with Crippen LogP contribution in [0.2, 0.25) is 0 Å². The molecule has 0 unspecified atom stereocenters. The van der Waals surface area contributed by atoms with Crippen molar-refractivity contribution in [1.29, 1.82) is 0 Å². The van der Waals surface area contributed by atoms with E-state index in [1.807, 2.05) is 31.0 Å². The number of carbonyl (C=O) groups is 2. The van der Waals surface area contributed by atoms with Gasteiger partial charge in [-0.3, -0.25) is 19.0 Å². The minimum absolute atomic E-state index is 0.127. The molecule has 0 atom stereocenters. The van der Waals surface area contributed by atoms with E-state index in [1.165, 1.54) is 0 Å². The molecule has 1 saturated heterocycles. The number of amides is 2. The van der Waals surface area contributed by atoms with E-state index in [4.69, 9.17) is 0 Å². The van der Waals surface area contributed by atoms with Gasteiger partial charge in [-0.05, 0) is 25.3 Å². The van der Waals surface area contributed by atoms with Crippen LogP contribution < -0.4 is 5.32 Å². The molecule has 8 heteroatoms. The fraction of sp³-hybridized carbons (Fsp3) is 0.444. The predicted octanol–water partition coefficient (Wildman–Crippen LogP) is 0.256. The van der Waals surface area contributed by atoms with Crippen molar-refractivity contribution in [1.82, 2.24) is 29.8 Å². The van der Waals surface area contributed by atoms with Crippen molar-refractivity contribution in [2.45, 2.75) is 25.8 Å². The van der Waals surface area contributed by atoms with Crippen molar-refractivity contribution >= 4 is 11.8 Å². The minimum atomic E-state index is -0.612. The number of aryl methyl sites for hydroxylation is 2. The number of piperidine rings is 1. The summed E-state index contributed by atoms with van der Waals surface area (Å²) in [4.78, 5) is 25.8. The third kappa shape index (κ3) is 4.30. The molecule has 3 rings (SSSR count). The van der Waals surface area contributed by atoms with Crippen molar-refractivity contribution in [3.63, 3.8) is 0 Å². The van der Waals surface area contributed by atoms with Gasteiger partial charge in [0.1, 0.15) is 0 Å². The zero-order valence-electron chi connectivity index (χ0n) is 15.0. The zero-order valence-corrected chi connectivity index (χ0v) is 15.0. The number of likely N-dealkylation sites (tertiary alicyclic amines) is 1. The van der Waals surface area contributed by atoms with Gasteiger partial charge in [-0.2, -0.15) is 10.2 Å². The smallest absolute Gasteiger partial charge is 0.311 e. The molecule has 8 nitrogen and oxygen atoms in total. The van der Waals surface area contributed by atoms with Gasteiger partial charge in [-0.15, -0.1) is 0 Å². The van der Waals surface area contributed by atoms with Crippen LogP contribution in [0.15, 0.2) is 24.8 Å². The average molecular weight is 354 g/mol. The van der Waals surface area contributed by atoms with E-state index in [0.29, 0.717) is 13.1 Å². The van der Waals surface area contributed by atoms with Gasteiger partial charge in [0.05, 0.1) is 30.5 Å². The predicted molar refractivity (Wildman–Crippen MR) is 94.9 cm³/mol. The Bertz CT molecular complexity index is 848. The van der Waals surface area contributed by atoms with Crippen LogP contribution in [0.1, 0.15) is 30.0 Å². The molecule has 3 heterocycles. The van der Waals surface area contributed by atoms with Crippen LogP contribution in [-0.4, -0.2) is 55.9 Å². The molecule has 0 aliphatic carbocycles. The molecular formula is C18H22N6O2. The van der Waals surface area contributed by atoms with E-state index in [0.717, 1.165) is 24.0 Å². The maximum absolute atomic E-state index is 12.2. The lowest BCUT2D eigenvalue weighted by molar-refractivity contribution is -0.146. The molecule has 26 heavy (non-hydrogen) atoms. The van der Waals surface area contributed by atoms with Crippen LogP contribution >= 0.6 is 0 Å². The molecular weight excluding hydrogens is 332 g/mol. The number of nitrogens with one attached hydrogen (secondary N) is 1. The standard InChI is InChI=1S/C18H22N6O2/c1-14-10-21-24(12-14)16-5-8-23(9-6-16)18(26)17(25)19-7-3-4-15-11-20-22(2)13-15/h10-13,16H,5-9H2,1-2H3,(H,19,25). The monoisotopic (exact) mass is 354 g/mol. The summed E-state index contributed by atoms with van der Waals surface area (Å²) in [5.74, 6) is 4.59. The number of hydrogen-bond acceptors (Lipinski definition) is 4. The molecule has 0 saturated carbocycles. The largest absolute Gasteiger partial charge is 0.337 e. The second-order valence-corrected chi connectivity index (χ2v) is 6.41. The first-order chi connectivity index (χ1) is 12.5. The van der Waals surface area contributed by atoms with Crippen molar-refractivity contribution in [3.8, 4) is 11.8 Å². The number of rotatable bonds is 2. The molecule has 1 aliphatic rings. The van der Waals surface area contributed by atoms with E-state index >= 15 is 0 Å². The Hall–Kier alpha value is -3.08. The first-order valence-electron chi connectivity index (χ1n) is 8.58. The highest BCUT2D eigenvalue weighted by Crippen LogP contribution is 2.22. The Morgan fingerprint density at radius 2 is 2.00 bits per heavy atom. The van der Waals surface area contributed by atoms with Crippen molar-refractivity contribution < 1.29 is 9.59 Å². The Balaban J connectivity index is 1.44. The molecule has 136 valence electrons. The second-order valence-electron chi connectivity index (χ2n) is 6.41. The lowest BCUT2D eigenvalue weighted by Gasteiger charge is -2.31. The lowest BCUT2D eigenvalue weighted by Crippen LogP contribution is -2.46. The molecule has 1 aliphatic heterocycles. The Kier molecular flexibility index (Phi) is 5.37. The Labute approximate surface area is 152 Å². The minimum Gasteiger partial charge on any atom is -0.337 e. The van der Waals surface area contributed by atoms with Crippen molar-refractivity contribution in [3.05, 3.63) is 35.9 Å². The number of aromatic nitrogens is 4. The molecule has 2 aromatic heterocycles. The molecule has 1 N–H and O–H groups in total. The third-order valence-electron chi connectivity index (χ3n) is 4.33. The summed E-state index contributed by atoms with van der Waals surface area (Å²) in [6.07, 6.45) is 8.85. The molecule has 0 radical (unpaired) electrons. The van der Waals surface area contributed by atoms with Gasteiger partial charge in [-0.1, -0.05) is 11.8 Å². The van der Waals surface area contributed by atoms with Crippen LogP contribution in [0.25, 0.3) is 0 Å². The van der Waals surface area contributed by atoms with Gasteiger partial charge in [0.2, 0.25) is 0 Å². The van der Waals surface area contributed by atoms with Gasteiger partial charge >= 0.3 is 11.8 Å². The molecule has 0 bridgehead atoms. The van der Waals surface area contributed by atoms with Crippen LogP contribution in [0.3, 0.4) is 0 Å². The van der Waals surface area contributed by atoms with Gasteiger partial charge in [0, 0.05) is 32.5 Å². The zero-order chi connectivity index (χ0) is 18.5. The highest BCUT2D eigenvalue weighted by molar-refractivity contribution is 6.35. The highest BCUT2D eigenvalue weighted by atomic mass is 16.2. The van der Waals surface area contributed by atoms with Crippen LogP contribution in [0.5, 0.6) is 0 Å². The summed E-state index contributed by atoms with van der Waals surface area (Å²) >= 11 is 0. The van der Waals surface area contributed by atoms with Gasteiger partial charge in [0.25, 0.3) is 0 Å². The van der Waals surface area contributed by atoms with Crippen LogP contribution in [0, 0.1) is 18.8 Å². The molecule has 2 amide bonds. The normalized spacial score (nSPS) is 14.6. The van der Waals surface area contributed by atoms with Crippen LogP contribution in [-0.2, 0) is 16.6 Å².